The van der Waals surface area contributed by atoms with Crippen LogP contribution in [0.15, 0.2) is 42.6 Å². The fourth-order valence-corrected chi connectivity index (χ4v) is 1.43. The van der Waals surface area contributed by atoms with Crippen molar-refractivity contribution >= 4 is 17.4 Å². The smallest absolute Gasteiger partial charge is 0.276 e. The van der Waals surface area contributed by atoms with Gasteiger partial charge in [0.15, 0.2) is 11.5 Å². The first-order valence-corrected chi connectivity index (χ1v) is 5.37. The summed E-state index contributed by atoms with van der Waals surface area (Å²) in [7, 11) is 0. The third-order valence-electron chi connectivity index (χ3n) is 2.33. The normalized spacial score (nSPS) is 9.83. The zero-order chi connectivity index (χ0) is 13.0. The van der Waals surface area contributed by atoms with E-state index < -0.39 is 0 Å². The first-order valence-electron chi connectivity index (χ1n) is 5.37. The molecule has 0 saturated carbocycles. The Morgan fingerprint density at radius 1 is 1.17 bits per heavy atom. The van der Waals surface area contributed by atoms with Crippen LogP contribution in [0.4, 0.5) is 5.69 Å². The number of nitrogens with zero attached hydrogens (tertiary/aromatic N) is 2. The number of ketones is 1. The summed E-state index contributed by atoms with van der Waals surface area (Å²) in [6.07, 6.45) is 1.49. The number of rotatable bonds is 3. The van der Waals surface area contributed by atoms with Crippen molar-refractivity contribution in [2.75, 3.05) is 5.32 Å². The van der Waals surface area contributed by atoms with Gasteiger partial charge in [0.1, 0.15) is 0 Å². The van der Waals surface area contributed by atoms with Crippen molar-refractivity contribution < 1.29 is 9.59 Å². The molecule has 0 atom stereocenters. The number of benzene rings is 1. The topological polar surface area (TPSA) is 72.0 Å². The number of nitrogens with one attached hydrogen (secondary N) is 1. The van der Waals surface area contributed by atoms with E-state index in [1.165, 1.54) is 13.1 Å². The molecule has 0 bridgehead atoms. The van der Waals surface area contributed by atoms with Gasteiger partial charge in [-0.15, -0.1) is 5.10 Å². The minimum atomic E-state index is -0.358. The molecule has 0 unspecified atom stereocenters. The number of anilines is 1. The van der Waals surface area contributed by atoms with Gasteiger partial charge < -0.3 is 5.32 Å². The van der Waals surface area contributed by atoms with Crippen LogP contribution >= 0.6 is 0 Å². The molecule has 18 heavy (non-hydrogen) atoms. The summed E-state index contributed by atoms with van der Waals surface area (Å²) in [5, 5.41) is 9.99. The van der Waals surface area contributed by atoms with Gasteiger partial charge in [0.25, 0.3) is 5.91 Å². The Balaban J connectivity index is 2.17. The van der Waals surface area contributed by atoms with E-state index >= 15 is 0 Å². The van der Waals surface area contributed by atoms with Gasteiger partial charge in [-0.3, -0.25) is 9.59 Å². The molecule has 2 aromatic rings. The monoisotopic (exact) mass is 241 g/mol. The summed E-state index contributed by atoms with van der Waals surface area (Å²) in [6, 6.07) is 9.94. The maximum atomic E-state index is 11.8. The van der Waals surface area contributed by atoms with E-state index in [1.807, 2.05) is 0 Å². The van der Waals surface area contributed by atoms with Gasteiger partial charge in [-0.1, -0.05) is 12.1 Å². The fraction of sp³-hybridized carbons (Fsp3) is 0.0769. The van der Waals surface area contributed by atoms with Gasteiger partial charge in [-0.2, -0.15) is 5.10 Å². The first-order chi connectivity index (χ1) is 8.66. The van der Waals surface area contributed by atoms with E-state index in [0.717, 1.165) is 0 Å². The quantitative estimate of drug-likeness (QED) is 0.833. The largest absolute Gasteiger partial charge is 0.321 e. The second-order valence-corrected chi connectivity index (χ2v) is 3.70. The van der Waals surface area contributed by atoms with E-state index in [1.54, 1.807) is 36.4 Å². The summed E-state index contributed by atoms with van der Waals surface area (Å²) in [5.74, 6) is -0.408. The summed E-state index contributed by atoms with van der Waals surface area (Å²) >= 11 is 0. The fourth-order valence-electron chi connectivity index (χ4n) is 1.43. The van der Waals surface area contributed by atoms with Crippen LogP contribution in [-0.2, 0) is 0 Å². The molecule has 2 rings (SSSR count). The molecule has 1 aromatic carbocycles. The van der Waals surface area contributed by atoms with Crippen molar-refractivity contribution in [3.8, 4) is 0 Å². The van der Waals surface area contributed by atoms with Crippen LogP contribution in [0.2, 0.25) is 0 Å². The Labute approximate surface area is 104 Å². The average Bonchev–Trinajstić information content (AvgIpc) is 2.40. The predicted octanol–water partition coefficient (Wildman–Crippen LogP) is 1.93. The molecule has 0 aliphatic carbocycles. The Bertz CT molecular complexity index is 582. The third-order valence-corrected chi connectivity index (χ3v) is 2.33. The minimum absolute atomic E-state index is 0.0504. The molecule has 1 aromatic heterocycles. The number of carbonyl (C=O) groups is 2. The van der Waals surface area contributed by atoms with Gasteiger partial charge >= 0.3 is 0 Å². The van der Waals surface area contributed by atoms with Crippen LogP contribution in [0, 0.1) is 0 Å². The summed E-state index contributed by atoms with van der Waals surface area (Å²) in [4.78, 5) is 23.0. The number of hydrogen-bond donors (Lipinski definition) is 1. The van der Waals surface area contributed by atoms with Crippen molar-refractivity contribution in [1.82, 2.24) is 10.2 Å². The lowest BCUT2D eigenvalue weighted by Gasteiger charge is -2.05. The van der Waals surface area contributed by atoms with Crippen LogP contribution in [0.1, 0.15) is 27.8 Å². The highest BCUT2D eigenvalue weighted by molar-refractivity contribution is 6.03. The van der Waals surface area contributed by atoms with Crippen molar-refractivity contribution in [2.45, 2.75) is 6.92 Å². The number of Topliss-reactive ketones (excluding diaryl/α,β-unsaturated/α-hetero) is 1. The zero-order valence-corrected chi connectivity index (χ0v) is 9.75. The molecule has 0 aliphatic rings. The second kappa shape index (κ2) is 5.18. The van der Waals surface area contributed by atoms with Crippen molar-refractivity contribution in [2.24, 2.45) is 0 Å². The Morgan fingerprint density at radius 2 is 2.00 bits per heavy atom. The van der Waals surface area contributed by atoms with E-state index in [0.29, 0.717) is 11.3 Å². The molecule has 0 saturated heterocycles. The summed E-state index contributed by atoms with van der Waals surface area (Å²) in [5.41, 5.74) is 1.33. The molecule has 0 aliphatic heterocycles. The third kappa shape index (κ3) is 2.76. The van der Waals surface area contributed by atoms with Crippen molar-refractivity contribution in [3.63, 3.8) is 0 Å². The van der Waals surface area contributed by atoms with Crippen molar-refractivity contribution in [3.05, 3.63) is 53.9 Å². The molecular formula is C13H11N3O2. The Kier molecular flexibility index (Phi) is 3.43. The van der Waals surface area contributed by atoms with E-state index in [9.17, 15) is 9.59 Å². The molecule has 5 nitrogen and oxygen atoms in total. The second-order valence-electron chi connectivity index (χ2n) is 3.70. The molecule has 90 valence electrons. The van der Waals surface area contributed by atoms with E-state index in [4.69, 9.17) is 0 Å². The van der Waals surface area contributed by atoms with Crippen LogP contribution in [0.3, 0.4) is 0 Å². The Hall–Kier alpha value is -2.56. The lowest BCUT2D eigenvalue weighted by Crippen LogP contribution is -2.14. The van der Waals surface area contributed by atoms with Crippen LogP contribution in [0.25, 0.3) is 0 Å². The predicted molar refractivity (Wildman–Crippen MR) is 66.4 cm³/mol. The molecule has 0 fully saturated rings. The first kappa shape index (κ1) is 11.9. The molecule has 1 amide bonds. The molecule has 0 spiro atoms. The minimum Gasteiger partial charge on any atom is -0.321 e. The lowest BCUT2D eigenvalue weighted by atomic mass is 10.1. The number of carbonyl (C=O) groups excluding carboxylic acids is 2. The summed E-state index contributed by atoms with van der Waals surface area (Å²) < 4.78 is 0. The number of aromatic nitrogens is 2. The summed E-state index contributed by atoms with van der Waals surface area (Å²) in [6.45, 7) is 1.48. The number of amides is 1. The highest BCUT2D eigenvalue weighted by Crippen LogP contribution is 2.12. The van der Waals surface area contributed by atoms with Gasteiger partial charge in [-0.05, 0) is 31.2 Å². The highest BCUT2D eigenvalue weighted by Gasteiger charge is 2.08. The molecule has 0 radical (unpaired) electrons. The van der Waals surface area contributed by atoms with Gasteiger partial charge in [0, 0.05) is 17.4 Å². The van der Waals surface area contributed by atoms with E-state index in [-0.39, 0.29) is 17.4 Å². The molecule has 5 heteroatoms. The standard InChI is InChI=1S/C13H11N3O2/c1-9(17)10-4-2-5-11(8-10)15-13(18)12-6-3-7-14-16-12/h2-8H,1H3,(H,15,18). The maximum absolute atomic E-state index is 11.8. The molecule has 1 heterocycles. The Morgan fingerprint density at radius 3 is 2.67 bits per heavy atom. The van der Waals surface area contributed by atoms with Crippen molar-refractivity contribution in [1.29, 1.82) is 0 Å². The molecular weight excluding hydrogens is 230 g/mol. The maximum Gasteiger partial charge on any atom is 0.276 e. The van der Waals surface area contributed by atoms with Crippen LogP contribution in [-0.4, -0.2) is 21.9 Å². The van der Waals surface area contributed by atoms with E-state index in [2.05, 4.69) is 15.5 Å². The zero-order valence-electron chi connectivity index (χ0n) is 9.75. The average molecular weight is 241 g/mol. The number of hydrogen-bond acceptors (Lipinski definition) is 4. The van der Waals surface area contributed by atoms with Crippen LogP contribution in [0.5, 0.6) is 0 Å². The van der Waals surface area contributed by atoms with Gasteiger partial charge in [-0.25, -0.2) is 0 Å². The highest BCUT2D eigenvalue weighted by atomic mass is 16.2. The molecule has 1 N–H and O–H groups in total. The van der Waals surface area contributed by atoms with Crippen LogP contribution < -0.4 is 5.32 Å². The SMILES string of the molecule is CC(=O)c1cccc(NC(=O)c2cccnn2)c1. The van der Waals surface area contributed by atoms with Gasteiger partial charge in [0.2, 0.25) is 0 Å². The lowest BCUT2D eigenvalue weighted by molar-refractivity contribution is 0.100. The van der Waals surface area contributed by atoms with Gasteiger partial charge in [0.05, 0.1) is 0 Å².